The highest BCUT2D eigenvalue weighted by molar-refractivity contribution is 5.41. The molecule has 0 aromatic heterocycles. The molecule has 2 aliphatic rings. The number of aliphatic hydroxyl groups excluding tert-OH is 1. The van der Waals surface area contributed by atoms with E-state index in [1.165, 1.54) is 0 Å². The number of ether oxygens (including phenoxy) is 2. The van der Waals surface area contributed by atoms with Crippen molar-refractivity contribution in [3.8, 4) is 5.75 Å². The van der Waals surface area contributed by atoms with E-state index >= 15 is 0 Å². The maximum absolute atomic E-state index is 10.5. The Bertz CT molecular complexity index is 513. The zero-order valence-corrected chi connectivity index (χ0v) is 12.6. The summed E-state index contributed by atoms with van der Waals surface area (Å²) in [6.45, 7) is 7.04. The lowest BCUT2D eigenvalue weighted by molar-refractivity contribution is -0.160. The summed E-state index contributed by atoms with van der Waals surface area (Å²) in [5, 5.41) is 10.5. The molecule has 0 bridgehead atoms. The number of aliphatic hydroxyl groups is 1. The fourth-order valence-electron chi connectivity index (χ4n) is 3.55. The molecule has 1 spiro atoms. The van der Waals surface area contributed by atoms with Gasteiger partial charge in [-0.3, -0.25) is 0 Å². The van der Waals surface area contributed by atoms with Gasteiger partial charge in [-0.05, 0) is 32.4 Å². The first-order valence-electron chi connectivity index (χ1n) is 7.57. The second kappa shape index (κ2) is 4.74. The van der Waals surface area contributed by atoms with Gasteiger partial charge in [-0.2, -0.15) is 0 Å². The van der Waals surface area contributed by atoms with Gasteiger partial charge in [0, 0.05) is 24.8 Å². The van der Waals surface area contributed by atoms with Crippen LogP contribution in [0, 0.1) is 6.92 Å². The van der Waals surface area contributed by atoms with Crippen molar-refractivity contribution in [3.63, 3.8) is 0 Å². The summed E-state index contributed by atoms with van der Waals surface area (Å²) in [5.41, 5.74) is 1.68. The molecule has 3 nitrogen and oxygen atoms in total. The minimum absolute atomic E-state index is 0.139. The van der Waals surface area contributed by atoms with Crippen LogP contribution in [0.4, 0.5) is 0 Å². The predicted octanol–water partition coefficient (Wildman–Crippen LogP) is 3.53. The van der Waals surface area contributed by atoms with Crippen LogP contribution in [0.25, 0.3) is 0 Å². The molecule has 1 saturated heterocycles. The van der Waals surface area contributed by atoms with Crippen molar-refractivity contribution in [2.75, 3.05) is 6.61 Å². The Morgan fingerprint density at radius 2 is 2.20 bits per heavy atom. The number of hydrogen-bond donors (Lipinski definition) is 1. The molecule has 3 atom stereocenters. The zero-order chi connectivity index (χ0) is 14.4. The van der Waals surface area contributed by atoms with Crippen molar-refractivity contribution in [1.82, 2.24) is 0 Å². The SMILES string of the molecule is CCC1(C)CC2(CCO1)C[C@H](O)c1cc(C)ccc1O2. The van der Waals surface area contributed by atoms with Crippen LogP contribution < -0.4 is 4.74 Å². The van der Waals surface area contributed by atoms with Crippen LogP contribution in [0.15, 0.2) is 18.2 Å². The van der Waals surface area contributed by atoms with Crippen LogP contribution in [0.5, 0.6) is 5.75 Å². The molecule has 3 heteroatoms. The Hall–Kier alpha value is -1.06. The number of rotatable bonds is 1. The van der Waals surface area contributed by atoms with Gasteiger partial charge in [0.05, 0.1) is 18.3 Å². The summed E-state index contributed by atoms with van der Waals surface area (Å²) < 4.78 is 12.3. The van der Waals surface area contributed by atoms with Crippen molar-refractivity contribution in [2.45, 2.75) is 63.8 Å². The molecule has 1 aromatic rings. The molecule has 1 aromatic carbocycles. The van der Waals surface area contributed by atoms with E-state index in [4.69, 9.17) is 9.47 Å². The molecule has 0 aliphatic carbocycles. The third-order valence-electron chi connectivity index (χ3n) is 4.87. The van der Waals surface area contributed by atoms with Gasteiger partial charge in [-0.15, -0.1) is 0 Å². The first-order valence-corrected chi connectivity index (χ1v) is 7.57. The van der Waals surface area contributed by atoms with Crippen LogP contribution in [-0.4, -0.2) is 22.9 Å². The van der Waals surface area contributed by atoms with Crippen LogP contribution >= 0.6 is 0 Å². The smallest absolute Gasteiger partial charge is 0.125 e. The van der Waals surface area contributed by atoms with Crippen molar-refractivity contribution < 1.29 is 14.6 Å². The van der Waals surface area contributed by atoms with Gasteiger partial charge in [-0.25, -0.2) is 0 Å². The third-order valence-corrected chi connectivity index (χ3v) is 4.87. The molecule has 3 rings (SSSR count). The average molecular weight is 276 g/mol. The van der Waals surface area contributed by atoms with Crippen molar-refractivity contribution in [1.29, 1.82) is 0 Å². The first-order chi connectivity index (χ1) is 9.45. The van der Waals surface area contributed by atoms with Gasteiger partial charge in [0.1, 0.15) is 11.4 Å². The van der Waals surface area contributed by atoms with E-state index in [1.807, 2.05) is 25.1 Å². The summed E-state index contributed by atoms with van der Waals surface area (Å²) in [7, 11) is 0. The van der Waals surface area contributed by atoms with Crippen molar-refractivity contribution >= 4 is 0 Å². The summed E-state index contributed by atoms with van der Waals surface area (Å²) in [6, 6.07) is 6.07. The van der Waals surface area contributed by atoms with E-state index in [0.717, 1.165) is 36.1 Å². The van der Waals surface area contributed by atoms with E-state index in [2.05, 4.69) is 13.8 Å². The number of benzene rings is 1. The van der Waals surface area contributed by atoms with Crippen LogP contribution in [0.2, 0.25) is 0 Å². The molecule has 20 heavy (non-hydrogen) atoms. The first kappa shape index (κ1) is 13.9. The van der Waals surface area contributed by atoms with Gasteiger partial charge in [0.25, 0.3) is 0 Å². The molecule has 110 valence electrons. The van der Waals surface area contributed by atoms with Gasteiger partial charge in [0.15, 0.2) is 0 Å². The minimum atomic E-state index is -0.433. The van der Waals surface area contributed by atoms with Gasteiger partial charge in [-0.1, -0.05) is 18.6 Å². The molecule has 2 heterocycles. The zero-order valence-electron chi connectivity index (χ0n) is 12.6. The summed E-state index contributed by atoms with van der Waals surface area (Å²) in [6.07, 6.45) is 2.91. The molecule has 1 fully saturated rings. The monoisotopic (exact) mass is 276 g/mol. The fraction of sp³-hybridized carbons (Fsp3) is 0.647. The second-order valence-corrected chi connectivity index (χ2v) is 6.62. The van der Waals surface area contributed by atoms with Gasteiger partial charge >= 0.3 is 0 Å². The molecule has 1 N–H and O–H groups in total. The van der Waals surface area contributed by atoms with Crippen molar-refractivity contribution in [3.05, 3.63) is 29.3 Å². The van der Waals surface area contributed by atoms with Crippen LogP contribution in [0.3, 0.4) is 0 Å². The molecule has 0 radical (unpaired) electrons. The van der Waals surface area contributed by atoms with E-state index in [1.54, 1.807) is 0 Å². The molecular formula is C17H24O3. The Labute approximate surface area is 120 Å². The lowest BCUT2D eigenvalue weighted by Gasteiger charge is -2.49. The topological polar surface area (TPSA) is 38.7 Å². The minimum Gasteiger partial charge on any atom is -0.487 e. The van der Waals surface area contributed by atoms with Crippen LogP contribution in [0.1, 0.15) is 56.8 Å². The molecule has 0 amide bonds. The summed E-state index contributed by atoms with van der Waals surface area (Å²) in [4.78, 5) is 0. The van der Waals surface area contributed by atoms with Gasteiger partial charge < -0.3 is 14.6 Å². The van der Waals surface area contributed by atoms with E-state index < -0.39 is 6.10 Å². The molecule has 2 aliphatic heterocycles. The Morgan fingerprint density at radius 3 is 2.95 bits per heavy atom. The summed E-state index contributed by atoms with van der Waals surface area (Å²) >= 11 is 0. The highest BCUT2D eigenvalue weighted by atomic mass is 16.5. The normalized spacial score (nSPS) is 36.5. The summed E-state index contributed by atoms with van der Waals surface area (Å²) in [5.74, 6) is 0.842. The fourth-order valence-corrected chi connectivity index (χ4v) is 3.55. The Kier molecular flexibility index (Phi) is 3.30. The average Bonchev–Trinajstić information content (AvgIpc) is 2.40. The van der Waals surface area contributed by atoms with Crippen molar-refractivity contribution in [2.24, 2.45) is 0 Å². The predicted molar refractivity (Wildman–Crippen MR) is 78.0 cm³/mol. The molecule has 2 unspecified atom stereocenters. The van der Waals surface area contributed by atoms with E-state index in [0.29, 0.717) is 13.0 Å². The number of hydrogen-bond acceptors (Lipinski definition) is 3. The third kappa shape index (κ3) is 2.33. The lowest BCUT2D eigenvalue weighted by Crippen LogP contribution is -2.52. The van der Waals surface area contributed by atoms with E-state index in [9.17, 15) is 5.11 Å². The number of fused-ring (bicyclic) bond motifs is 1. The Balaban J connectivity index is 1.92. The van der Waals surface area contributed by atoms with Crippen LogP contribution in [-0.2, 0) is 4.74 Å². The maximum atomic E-state index is 10.5. The van der Waals surface area contributed by atoms with Gasteiger partial charge in [0.2, 0.25) is 0 Å². The maximum Gasteiger partial charge on any atom is 0.125 e. The highest BCUT2D eigenvalue weighted by Gasteiger charge is 2.48. The largest absolute Gasteiger partial charge is 0.487 e. The van der Waals surface area contributed by atoms with E-state index in [-0.39, 0.29) is 11.2 Å². The Morgan fingerprint density at radius 1 is 1.40 bits per heavy atom. The molecular weight excluding hydrogens is 252 g/mol. The lowest BCUT2D eigenvalue weighted by atomic mass is 9.76. The standard InChI is InChI=1S/C17H24O3/c1-4-16(3)11-17(7-8-19-16)10-14(18)13-9-12(2)5-6-15(13)20-17/h5-6,9,14,18H,4,7-8,10-11H2,1-3H3/t14-,16?,17?/m0/s1. The number of aryl methyl sites for hydroxylation is 1. The quantitative estimate of drug-likeness (QED) is 0.853. The second-order valence-electron chi connectivity index (χ2n) is 6.62. The molecule has 0 saturated carbocycles. The highest BCUT2D eigenvalue weighted by Crippen LogP contribution is 2.47.